The molecule has 0 fully saturated rings. The molecule has 0 aromatic carbocycles. The van der Waals surface area contributed by atoms with Gasteiger partial charge in [-0.2, -0.15) is 23.5 Å². The van der Waals surface area contributed by atoms with Gasteiger partial charge in [-0.15, -0.1) is 0 Å². The number of nitrogens with two attached hydrogens (primary N) is 1. The summed E-state index contributed by atoms with van der Waals surface area (Å²) in [5, 5.41) is 11.5. The topological polar surface area (TPSA) is 98.9 Å². The molecule has 0 amide bonds. The van der Waals surface area contributed by atoms with Crippen molar-refractivity contribution in [1.82, 2.24) is 4.98 Å². The minimum absolute atomic E-state index is 0.0760. The highest BCUT2D eigenvalue weighted by molar-refractivity contribution is 5.68. The fraction of sp³-hybridized carbons (Fsp3) is 0.111. The molecule has 0 saturated carbocycles. The lowest BCUT2D eigenvalue weighted by Crippen LogP contribution is -2.08. The van der Waals surface area contributed by atoms with Crippen LogP contribution in [0.3, 0.4) is 0 Å². The van der Waals surface area contributed by atoms with Gasteiger partial charge in [0.25, 0.3) is 0 Å². The van der Waals surface area contributed by atoms with Crippen molar-refractivity contribution in [3.8, 4) is 6.07 Å². The summed E-state index contributed by atoms with van der Waals surface area (Å²) in [6.45, 7) is 0. The van der Waals surface area contributed by atoms with Crippen LogP contribution in [0.2, 0.25) is 0 Å². The summed E-state index contributed by atoms with van der Waals surface area (Å²) in [6.07, 6.45) is -3.68. The van der Waals surface area contributed by atoms with E-state index < -0.39 is 11.9 Å². The van der Waals surface area contributed by atoms with Crippen molar-refractivity contribution in [3.05, 3.63) is 35.3 Å². The Morgan fingerprint density at radius 2 is 2.12 bits per heavy atom. The molecular weight excluding hydrogens is 235 g/mol. The van der Waals surface area contributed by atoms with Crippen molar-refractivity contribution < 1.29 is 13.2 Å². The number of nitrogens with zero attached hydrogens (tertiary/aromatic N) is 3. The summed E-state index contributed by atoms with van der Waals surface area (Å²) in [5.41, 5.74) is 10.5. The number of alkyl halides is 3. The zero-order valence-corrected chi connectivity index (χ0v) is 8.28. The van der Waals surface area contributed by atoms with Gasteiger partial charge in [-0.25, -0.2) is 5.53 Å². The fourth-order valence-electron chi connectivity index (χ4n) is 1.03. The molecule has 1 aromatic rings. The lowest BCUT2D eigenvalue weighted by atomic mass is 10.1. The van der Waals surface area contributed by atoms with Crippen molar-refractivity contribution >= 4 is 5.70 Å². The molecule has 0 saturated heterocycles. The van der Waals surface area contributed by atoms with Crippen LogP contribution >= 0.6 is 0 Å². The van der Waals surface area contributed by atoms with Crippen LogP contribution in [-0.4, -0.2) is 4.98 Å². The number of nitrogens with one attached hydrogen (secondary N) is 1. The first-order valence-corrected chi connectivity index (χ1v) is 4.21. The third kappa shape index (κ3) is 2.78. The van der Waals surface area contributed by atoms with E-state index in [0.29, 0.717) is 0 Å². The third-order valence-corrected chi connectivity index (χ3v) is 1.81. The average Bonchev–Trinajstić information content (AvgIpc) is 2.29. The van der Waals surface area contributed by atoms with Crippen molar-refractivity contribution in [2.75, 3.05) is 0 Å². The molecule has 1 heterocycles. The quantitative estimate of drug-likeness (QED) is 0.613. The third-order valence-electron chi connectivity index (χ3n) is 1.81. The second kappa shape index (κ2) is 4.61. The van der Waals surface area contributed by atoms with Crippen LogP contribution in [0.15, 0.2) is 29.1 Å². The van der Waals surface area contributed by atoms with E-state index >= 15 is 0 Å². The Morgan fingerprint density at radius 1 is 1.47 bits per heavy atom. The summed E-state index contributed by atoms with van der Waals surface area (Å²) >= 11 is 0. The SMILES string of the molecule is N#C/C(N)=C(/N=N)c1ccc(C(F)(F)F)nc1. The van der Waals surface area contributed by atoms with E-state index in [0.717, 1.165) is 18.3 Å². The number of hydrogen-bond acceptors (Lipinski definition) is 5. The lowest BCUT2D eigenvalue weighted by Gasteiger charge is -2.06. The Kier molecular flexibility index (Phi) is 3.43. The van der Waals surface area contributed by atoms with Gasteiger partial charge in [-0.3, -0.25) is 4.98 Å². The van der Waals surface area contributed by atoms with Crippen molar-refractivity contribution in [3.63, 3.8) is 0 Å². The molecule has 0 aliphatic rings. The Morgan fingerprint density at radius 3 is 2.47 bits per heavy atom. The molecule has 17 heavy (non-hydrogen) atoms. The van der Waals surface area contributed by atoms with Crippen LogP contribution in [0.25, 0.3) is 5.70 Å². The molecular formula is C9H6F3N5. The molecule has 0 atom stereocenters. The zero-order chi connectivity index (χ0) is 13.1. The molecule has 1 aromatic heterocycles. The first-order valence-electron chi connectivity index (χ1n) is 4.21. The predicted octanol–water partition coefficient (Wildman–Crippen LogP) is 2.28. The molecule has 0 bridgehead atoms. The molecule has 5 nitrogen and oxygen atoms in total. The van der Waals surface area contributed by atoms with E-state index in [1.165, 1.54) is 0 Å². The van der Waals surface area contributed by atoms with Gasteiger partial charge in [0, 0.05) is 11.8 Å². The molecule has 0 radical (unpaired) electrons. The van der Waals surface area contributed by atoms with Gasteiger partial charge in [0.15, 0.2) is 0 Å². The van der Waals surface area contributed by atoms with Gasteiger partial charge in [0.1, 0.15) is 23.2 Å². The van der Waals surface area contributed by atoms with Crippen molar-refractivity contribution in [2.45, 2.75) is 6.18 Å². The first-order chi connectivity index (χ1) is 7.90. The van der Waals surface area contributed by atoms with Crippen LogP contribution in [0, 0.1) is 16.9 Å². The lowest BCUT2D eigenvalue weighted by molar-refractivity contribution is -0.141. The Bertz CT molecular complexity index is 495. The highest BCUT2D eigenvalue weighted by Gasteiger charge is 2.32. The van der Waals surface area contributed by atoms with Crippen LogP contribution in [0.1, 0.15) is 11.3 Å². The van der Waals surface area contributed by atoms with E-state index in [-0.39, 0.29) is 17.0 Å². The summed E-state index contributed by atoms with van der Waals surface area (Å²) in [4.78, 5) is 3.17. The molecule has 8 heteroatoms. The highest BCUT2D eigenvalue weighted by atomic mass is 19.4. The van der Waals surface area contributed by atoms with Gasteiger partial charge in [0.2, 0.25) is 0 Å². The normalized spacial score (nSPS) is 12.6. The fourth-order valence-corrected chi connectivity index (χ4v) is 1.03. The largest absolute Gasteiger partial charge is 0.433 e. The number of aromatic nitrogens is 1. The number of pyridine rings is 1. The maximum atomic E-state index is 12.2. The maximum absolute atomic E-state index is 12.2. The molecule has 0 unspecified atom stereocenters. The molecule has 88 valence electrons. The summed E-state index contributed by atoms with van der Waals surface area (Å²) in [6, 6.07) is 3.33. The predicted molar refractivity (Wildman–Crippen MR) is 51.1 cm³/mol. The molecule has 0 spiro atoms. The van der Waals surface area contributed by atoms with Crippen LogP contribution in [0.4, 0.5) is 13.2 Å². The smallest absolute Gasteiger partial charge is 0.388 e. The van der Waals surface area contributed by atoms with Crippen LogP contribution in [0.5, 0.6) is 0 Å². The van der Waals surface area contributed by atoms with Gasteiger partial charge in [0.05, 0.1) is 0 Å². The Labute approximate surface area is 93.9 Å². The van der Waals surface area contributed by atoms with Gasteiger partial charge >= 0.3 is 6.18 Å². The molecule has 0 aliphatic carbocycles. The number of hydrogen-bond donors (Lipinski definition) is 2. The first kappa shape index (κ1) is 12.6. The maximum Gasteiger partial charge on any atom is 0.433 e. The molecule has 0 aliphatic heterocycles. The monoisotopic (exact) mass is 241 g/mol. The standard InChI is InChI=1S/C9H6F3N5/c10-9(11,12)7-2-1-5(4-16-7)8(17-15)6(14)3-13/h1-2,4,15H,14H2/b8-6-,17-15?. The minimum atomic E-state index is -4.54. The van der Waals surface area contributed by atoms with Crippen LogP contribution < -0.4 is 5.73 Å². The second-order valence-corrected chi connectivity index (χ2v) is 2.92. The van der Waals surface area contributed by atoms with E-state index in [4.69, 9.17) is 16.5 Å². The van der Waals surface area contributed by atoms with E-state index in [9.17, 15) is 13.2 Å². The van der Waals surface area contributed by atoms with E-state index in [1.54, 1.807) is 6.07 Å². The summed E-state index contributed by atoms with van der Waals surface area (Å²) < 4.78 is 36.6. The van der Waals surface area contributed by atoms with Gasteiger partial charge in [-0.1, -0.05) is 0 Å². The highest BCUT2D eigenvalue weighted by Crippen LogP contribution is 2.28. The number of nitriles is 1. The van der Waals surface area contributed by atoms with Crippen molar-refractivity contribution in [2.24, 2.45) is 10.8 Å². The van der Waals surface area contributed by atoms with Gasteiger partial charge < -0.3 is 5.73 Å². The minimum Gasteiger partial charge on any atom is -0.388 e. The zero-order valence-electron chi connectivity index (χ0n) is 8.28. The van der Waals surface area contributed by atoms with E-state index in [1.807, 2.05) is 0 Å². The summed E-state index contributed by atoms with van der Waals surface area (Å²) in [5.74, 6) is 0. The van der Waals surface area contributed by atoms with Crippen LogP contribution in [-0.2, 0) is 6.18 Å². The molecule has 3 N–H and O–H groups in total. The Hall–Kier alpha value is -2.43. The van der Waals surface area contributed by atoms with E-state index in [2.05, 4.69) is 10.1 Å². The Balaban J connectivity index is 3.20. The number of rotatable bonds is 2. The average molecular weight is 241 g/mol. The van der Waals surface area contributed by atoms with Crippen molar-refractivity contribution in [1.29, 1.82) is 10.8 Å². The second-order valence-electron chi connectivity index (χ2n) is 2.92. The number of allylic oxidation sites excluding steroid dienone is 1. The summed E-state index contributed by atoms with van der Waals surface area (Å²) in [7, 11) is 0. The molecule has 1 rings (SSSR count). The van der Waals surface area contributed by atoms with Gasteiger partial charge in [-0.05, 0) is 12.1 Å². The number of halogens is 3.